The van der Waals surface area contributed by atoms with Crippen LogP contribution in [-0.2, 0) is 15.9 Å². The lowest BCUT2D eigenvalue weighted by Gasteiger charge is -2.26. The highest BCUT2D eigenvalue weighted by Crippen LogP contribution is 2.27. The number of rotatable bonds is 4. The number of anilines is 1. The predicted octanol–water partition coefficient (Wildman–Crippen LogP) is 4.21. The van der Waals surface area contributed by atoms with Crippen molar-refractivity contribution >= 4 is 33.8 Å². The van der Waals surface area contributed by atoms with Crippen molar-refractivity contribution in [2.45, 2.75) is 52.2 Å². The normalized spacial score (nSPS) is 11.7. The van der Waals surface area contributed by atoms with Gasteiger partial charge in [-0.15, -0.1) is 0 Å². The van der Waals surface area contributed by atoms with Gasteiger partial charge < -0.3 is 15.2 Å². The monoisotopic (exact) mass is 386 g/mol. The largest absolute Gasteiger partial charge is 0.444 e. The van der Waals surface area contributed by atoms with Gasteiger partial charge in [-0.3, -0.25) is 5.32 Å². The maximum Gasteiger partial charge on any atom is 0.412 e. The minimum atomic E-state index is -0.839. The smallest absolute Gasteiger partial charge is 0.412 e. The van der Waals surface area contributed by atoms with Crippen LogP contribution >= 0.6 is 15.9 Å². The van der Waals surface area contributed by atoms with Gasteiger partial charge in [0.15, 0.2) is 0 Å². The molecule has 2 amide bonds. The molecule has 1 rings (SSSR count). The summed E-state index contributed by atoms with van der Waals surface area (Å²) in [6.45, 7) is 8.86. The van der Waals surface area contributed by atoms with Crippen LogP contribution < -0.4 is 11.1 Å². The third kappa shape index (κ3) is 7.36. The van der Waals surface area contributed by atoms with Crippen molar-refractivity contribution in [3.05, 3.63) is 28.2 Å². The number of hydrogen-bond acceptors (Lipinski definition) is 4. The van der Waals surface area contributed by atoms with Crippen molar-refractivity contribution < 1.29 is 19.1 Å². The van der Waals surface area contributed by atoms with Crippen molar-refractivity contribution in [2.75, 3.05) is 5.32 Å². The first kappa shape index (κ1) is 19.3. The number of benzene rings is 1. The minimum Gasteiger partial charge on any atom is -0.444 e. The van der Waals surface area contributed by atoms with E-state index in [9.17, 15) is 9.59 Å². The predicted molar refractivity (Wildman–Crippen MR) is 92.5 cm³/mol. The summed E-state index contributed by atoms with van der Waals surface area (Å²) in [5.41, 5.74) is 5.07. The van der Waals surface area contributed by atoms with Gasteiger partial charge in [-0.2, -0.15) is 0 Å². The van der Waals surface area contributed by atoms with Gasteiger partial charge in [-0.25, -0.2) is 9.59 Å². The van der Waals surface area contributed by atoms with Crippen LogP contribution in [0.2, 0.25) is 0 Å². The number of amides is 2. The number of primary amides is 1. The van der Waals surface area contributed by atoms with E-state index in [-0.39, 0.29) is 0 Å². The number of ether oxygens (including phenoxy) is 2. The first-order chi connectivity index (χ1) is 10.4. The van der Waals surface area contributed by atoms with Gasteiger partial charge in [-0.05, 0) is 52.3 Å². The molecule has 1 aromatic rings. The van der Waals surface area contributed by atoms with Crippen LogP contribution in [0.4, 0.5) is 15.3 Å². The van der Waals surface area contributed by atoms with Gasteiger partial charge in [0.2, 0.25) is 0 Å². The van der Waals surface area contributed by atoms with E-state index in [4.69, 9.17) is 15.2 Å². The lowest BCUT2D eigenvalue weighted by molar-refractivity contribution is 0.0458. The summed E-state index contributed by atoms with van der Waals surface area (Å²) in [5, 5.41) is 2.72. The summed E-state index contributed by atoms with van der Waals surface area (Å²) in [5.74, 6) is 0. The summed E-state index contributed by atoms with van der Waals surface area (Å²) >= 11 is 3.37. The fourth-order valence-corrected chi connectivity index (χ4v) is 2.36. The second-order valence-corrected chi connectivity index (χ2v) is 7.70. The highest BCUT2D eigenvalue weighted by molar-refractivity contribution is 9.10. The molecule has 7 heteroatoms. The van der Waals surface area contributed by atoms with Crippen LogP contribution in [-0.4, -0.2) is 23.4 Å². The Morgan fingerprint density at radius 3 is 2.30 bits per heavy atom. The molecule has 1 aromatic carbocycles. The Morgan fingerprint density at radius 1 is 1.17 bits per heavy atom. The Hall–Kier alpha value is -1.76. The highest BCUT2D eigenvalue weighted by Gasteiger charge is 2.25. The van der Waals surface area contributed by atoms with Gasteiger partial charge in [0.05, 0.1) is 0 Å². The first-order valence-electron chi connectivity index (χ1n) is 7.15. The van der Waals surface area contributed by atoms with Crippen LogP contribution in [0.3, 0.4) is 0 Å². The maximum absolute atomic E-state index is 12.0. The van der Waals surface area contributed by atoms with E-state index >= 15 is 0 Å². The second kappa shape index (κ2) is 7.21. The average molecular weight is 387 g/mol. The lowest BCUT2D eigenvalue weighted by atomic mass is 9.97. The fourth-order valence-electron chi connectivity index (χ4n) is 2.00. The molecule has 0 radical (unpaired) electrons. The van der Waals surface area contributed by atoms with Gasteiger partial charge in [0.25, 0.3) is 0 Å². The minimum absolute atomic E-state index is 0.383. The Labute approximate surface area is 144 Å². The molecule has 0 unspecified atom stereocenters. The highest BCUT2D eigenvalue weighted by atomic mass is 79.9. The van der Waals surface area contributed by atoms with Crippen LogP contribution in [0.15, 0.2) is 22.7 Å². The molecule has 0 fully saturated rings. The Morgan fingerprint density at radius 2 is 1.78 bits per heavy atom. The molecule has 0 saturated carbocycles. The van der Waals surface area contributed by atoms with Gasteiger partial charge >= 0.3 is 12.2 Å². The average Bonchev–Trinajstić information content (AvgIpc) is 2.28. The standard InChI is InChI=1S/C16H23BrN2O4/c1-15(2,3)23-14(21)19-12-8-11(17)7-6-10(12)9-16(4,5)22-13(18)20/h6-8H,9H2,1-5H3,(H2,18,20)(H,19,21). The Bertz CT molecular complexity index is 594. The van der Waals surface area contributed by atoms with Crippen molar-refractivity contribution in [3.8, 4) is 0 Å². The molecule has 0 aromatic heterocycles. The van der Waals surface area contributed by atoms with Crippen LogP contribution in [0.5, 0.6) is 0 Å². The zero-order valence-corrected chi connectivity index (χ0v) is 15.6. The molecule has 23 heavy (non-hydrogen) atoms. The SMILES string of the molecule is CC(C)(C)OC(=O)Nc1cc(Br)ccc1CC(C)(C)OC(N)=O. The Kier molecular flexibility index (Phi) is 6.04. The molecule has 0 saturated heterocycles. The van der Waals surface area contributed by atoms with Gasteiger partial charge in [0, 0.05) is 16.6 Å². The number of nitrogens with two attached hydrogens (primary N) is 1. The van der Waals surface area contributed by atoms with Gasteiger partial charge in [0.1, 0.15) is 11.2 Å². The molecule has 0 aliphatic carbocycles. The summed E-state index contributed by atoms with van der Waals surface area (Å²) in [4.78, 5) is 23.0. The van der Waals surface area contributed by atoms with Crippen LogP contribution in [0.1, 0.15) is 40.2 Å². The van der Waals surface area contributed by atoms with Crippen LogP contribution in [0, 0.1) is 0 Å². The third-order valence-electron chi connectivity index (χ3n) is 2.70. The zero-order valence-electron chi connectivity index (χ0n) is 14.0. The van der Waals surface area contributed by atoms with Crippen molar-refractivity contribution in [1.29, 1.82) is 0 Å². The fraction of sp³-hybridized carbons (Fsp3) is 0.500. The van der Waals surface area contributed by atoms with Crippen molar-refractivity contribution in [3.63, 3.8) is 0 Å². The molecule has 0 bridgehead atoms. The van der Waals surface area contributed by atoms with E-state index in [2.05, 4.69) is 21.2 Å². The summed E-state index contributed by atoms with van der Waals surface area (Å²) < 4.78 is 11.2. The number of hydrogen-bond donors (Lipinski definition) is 2. The Balaban J connectivity index is 2.97. The molecule has 0 spiro atoms. The molecular weight excluding hydrogens is 364 g/mol. The zero-order chi connectivity index (χ0) is 17.8. The number of carbonyl (C=O) groups is 2. The van der Waals surface area contributed by atoms with E-state index in [0.717, 1.165) is 10.0 Å². The molecular formula is C16H23BrN2O4. The lowest BCUT2D eigenvalue weighted by Crippen LogP contribution is -2.33. The van der Waals surface area contributed by atoms with E-state index in [1.54, 1.807) is 40.7 Å². The molecule has 0 aliphatic heterocycles. The summed E-state index contributed by atoms with van der Waals surface area (Å²) in [6.07, 6.45) is -1.01. The number of nitrogens with one attached hydrogen (secondary N) is 1. The number of halogens is 1. The van der Waals surface area contributed by atoms with Crippen molar-refractivity contribution in [2.24, 2.45) is 5.73 Å². The van der Waals surface area contributed by atoms with Crippen LogP contribution in [0.25, 0.3) is 0 Å². The molecule has 6 nitrogen and oxygen atoms in total. The molecule has 0 heterocycles. The van der Waals surface area contributed by atoms with E-state index < -0.39 is 23.4 Å². The van der Waals surface area contributed by atoms with Crippen molar-refractivity contribution in [1.82, 2.24) is 0 Å². The summed E-state index contributed by atoms with van der Waals surface area (Å²) in [6, 6.07) is 5.44. The van der Waals surface area contributed by atoms with E-state index in [1.165, 1.54) is 0 Å². The molecule has 128 valence electrons. The number of carbonyl (C=O) groups excluding carboxylic acids is 2. The molecule has 3 N–H and O–H groups in total. The maximum atomic E-state index is 12.0. The third-order valence-corrected chi connectivity index (χ3v) is 3.19. The quantitative estimate of drug-likeness (QED) is 0.810. The second-order valence-electron chi connectivity index (χ2n) is 6.79. The first-order valence-corrected chi connectivity index (χ1v) is 7.94. The topological polar surface area (TPSA) is 90.7 Å². The van der Waals surface area contributed by atoms with E-state index in [1.807, 2.05) is 12.1 Å². The van der Waals surface area contributed by atoms with Gasteiger partial charge in [-0.1, -0.05) is 22.0 Å². The molecule has 0 aliphatic rings. The molecule has 0 atom stereocenters. The van der Waals surface area contributed by atoms with E-state index in [0.29, 0.717) is 12.1 Å². The summed E-state index contributed by atoms with van der Waals surface area (Å²) in [7, 11) is 0.